The van der Waals surface area contributed by atoms with Crippen molar-refractivity contribution in [2.45, 2.75) is 23.6 Å². The van der Waals surface area contributed by atoms with E-state index in [9.17, 15) is 16.8 Å². The third kappa shape index (κ3) is 4.68. The highest BCUT2D eigenvalue weighted by molar-refractivity contribution is 8.04. The molecule has 0 fully saturated rings. The fraction of sp³-hybridized carbons (Fsp3) is 0.111. The number of aryl methyl sites for hydroxylation is 2. The molecule has 4 aromatic rings. The molecule has 0 heterocycles. The average molecular weight is 492 g/mol. The van der Waals surface area contributed by atoms with Gasteiger partial charge in [-0.25, -0.2) is 16.8 Å². The van der Waals surface area contributed by atoms with Crippen LogP contribution >= 0.6 is 0 Å². The summed E-state index contributed by atoms with van der Waals surface area (Å²) in [6, 6.07) is 25.6. The zero-order chi connectivity index (χ0) is 24.5. The van der Waals surface area contributed by atoms with Gasteiger partial charge < -0.3 is 0 Å². The van der Waals surface area contributed by atoms with Gasteiger partial charge in [0.15, 0.2) is 0 Å². The fourth-order valence-electron chi connectivity index (χ4n) is 3.61. The van der Waals surface area contributed by atoms with Gasteiger partial charge in [-0.3, -0.25) is 0 Å². The first kappa shape index (κ1) is 23.9. The van der Waals surface area contributed by atoms with E-state index in [2.05, 4.69) is 6.58 Å². The quantitative estimate of drug-likeness (QED) is 0.340. The lowest BCUT2D eigenvalue weighted by Gasteiger charge is -2.23. The van der Waals surface area contributed by atoms with E-state index in [1.165, 1.54) is 24.3 Å². The van der Waals surface area contributed by atoms with Crippen molar-refractivity contribution >= 4 is 36.4 Å². The topological polar surface area (TPSA) is 71.5 Å². The number of benzene rings is 4. The van der Waals surface area contributed by atoms with E-state index in [0.717, 1.165) is 21.9 Å². The third-order valence-corrected chi connectivity index (χ3v) is 9.90. The Balaban J connectivity index is 1.80. The lowest BCUT2D eigenvalue weighted by atomic mass is 10.0. The fourth-order valence-corrected chi connectivity index (χ4v) is 7.24. The zero-order valence-corrected chi connectivity index (χ0v) is 20.6. The number of hydrogen-bond acceptors (Lipinski definition) is 4. The van der Waals surface area contributed by atoms with Gasteiger partial charge in [0.1, 0.15) is 0 Å². The first-order valence-electron chi connectivity index (χ1n) is 10.7. The highest BCUT2D eigenvalue weighted by Gasteiger charge is 2.37. The lowest BCUT2D eigenvalue weighted by Crippen LogP contribution is -2.38. The Hall–Kier alpha value is -3.26. The van der Waals surface area contributed by atoms with E-state index in [4.69, 9.17) is 0 Å². The van der Waals surface area contributed by atoms with Crippen molar-refractivity contribution < 1.29 is 16.8 Å². The van der Waals surface area contributed by atoms with Gasteiger partial charge in [-0.05, 0) is 66.1 Å². The van der Waals surface area contributed by atoms with Gasteiger partial charge in [0, 0.05) is 0 Å². The van der Waals surface area contributed by atoms with Gasteiger partial charge >= 0.3 is 0 Å². The number of sulfonamides is 2. The van der Waals surface area contributed by atoms with Crippen LogP contribution in [0.1, 0.15) is 16.7 Å². The molecule has 0 bridgehead atoms. The van der Waals surface area contributed by atoms with Crippen LogP contribution in [0.5, 0.6) is 0 Å². The molecule has 34 heavy (non-hydrogen) atoms. The minimum absolute atomic E-state index is 0.0971. The summed E-state index contributed by atoms with van der Waals surface area (Å²) in [7, 11) is -8.79. The maximum atomic E-state index is 13.6. The van der Waals surface area contributed by atoms with E-state index in [-0.39, 0.29) is 9.79 Å². The van der Waals surface area contributed by atoms with E-state index in [1.54, 1.807) is 24.3 Å². The summed E-state index contributed by atoms with van der Waals surface area (Å²) in [4.78, 5) is -0.194. The molecule has 0 aliphatic carbocycles. The minimum Gasteiger partial charge on any atom is -0.206 e. The summed E-state index contributed by atoms with van der Waals surface area (Å²) >= 11 is 0. The van der Waals surface area contributed by atoms with Crippen molar-refractivity contribution in [3.63, 3.8) is 0 Å². The van der Waals surface area contributed by atoms with Crippen LogP contribution in [0.3, 0.4) is 0 Å². The largest absolute Gasteiger partial charge is 0.256 e. The van der Waals surface area contributed by atoms with Crippen LogP contribution in [0.4, 0.5) is 0 Å². The maximum Gasteiger partial charge on any atom is 0.256 e. The second-order valence-corrected chi connectivity index (χ2v) is 12.2. The predicted octanol–water partition coefficient (Wildman–Crippen LogP) is 5.55. The van der Waals surface area contributed by atoms with Crippen LogP contribution < -0.4 is 0 Å². The molecular weight excluding hydrogens is 466 g/mol. The molecule has 0 aliphatic heterocycles. The number of hydrogen-bond donors (Lipinski definition) is 0. The molecule has 7 heteroatoms. The molecule has 0 saturated heterocycles. The molecule has 0 amide bonds. The Morgan fingerprint density at radius 2 is 1.15 bits per heavy atom. The molecule has 0 unspecified atom stereocenters. The van der Waals surface area contributed by atoms with Crippen molar-refractivity contribution in [3.05, 3.63) is 114 Å². The number of nitrogens with zero attached hydrogens (tertiary/aromatic N) is 1. The van der Waals surface area contributed by atoms with Gasteiger partial charge in [0.2, 0.25) is 0 Å². The normalized spacial score (nSPS) is 12.2. The lowest BCUT2D eigenvalue weighted by molar-refractivity contribution is 0.515. The van der Waals surface area contributed by atoms with E-state index >= 15 is 0 Å². The van der Waals surface area contributed by atoms with Crippen molar-refractivity contribution in [1.29, 1.82) is 0 Å². The molecule has 5 nitrogen and oxygen atoms in total. The van der Waals surface area contributed by atoms with Gasteiger partial charge in [0.25, 0.3) is 20.0 Å². The minimum atomic E-state index is -4.39. The van der Waals surface area contributed by atoms with Crippen LogP contribution in [-0.4, -0.2) is 27.1 Å². The Labute approximate surface area is 201 Å². The monoisotopic (exact) mass is 491 g/mol. The van der Waals surface area contributed by atoms with Crippen molar-refractivity contribution in [2.24, 2.45) is 0 Å². The SMILES string of the molecule is C=C(CN(S(=O)(=O)c1ccc(C)cc1)S(=O)(=O)c1ccc(C)cc1)c1ccc2ccccc2c1. The second kappa shape index (κ2) is 9.18. The molecule has 0 saturated carbocycles. The Morgan fingerprint density at radius 1 is 0.676 bits per heavy atom. The van der Waals surface area contributed by atoms with Crippen LogP contribution in [-0.2, 0) is 20.0 Å². The predicted molar refractivity (Wildman–Crippen MR) is 136 cm³/mol. The third-order valence-electron chi connectivity index (χ3n) is 5.65. The summed E-state index contributed by atoms with van der Waals surface area (Å²) < 4.78 is 55.0. The molecule has 174 valence electrons. The molecule has 0 radical (unpaired) electrons. The standard InChI is InChI=1S/C27H25NO4S2/c1-20-8-14-26(15-9-20)33(29,30)28(34(31,32)27-16-10-21(2)11-17-27)19-22(3)24-13-12-23-6-4-5-7-25(23)18-24/h4-18H,3,19H2,1-2H3. The van der Waals surface area contributed by atoms with E-state index in [1.807, 2.05) is 56.3 Å². The Kier molecular flexibility index (Phi) is 6.45. The highest BCUT2D eigenvalue weighted by Crippen LogP contribution is 2.29. The summed E-state index contributed by atoms with van der Waals surface area (Å²) in [5.74, 6) is 0. The molecule has 4 rings (SSSR count). The summed E-state index contributed by atoms with van der Waals surface area (Å²) in [6.07, 6.45) is 0. The maximum absolute atomic E-state index is 13.6. The van der Waals surface area contributed by atoms with E-state index in [0.29, 0.717) is 14.8 Å². The number of fused-ring (bicyclic) bond motifs is 1. The molecule has 0 atom stereocenters. The molecule has 0 spiro atoms. The Bertz CT molecular complexity index is 1500. The van der Waals surface area contributed by atoms with Gasteiger partial charge in [-0.1, -0.05) is 82.1 Å². The van der Waals surface area contributed by atoms with Crippen molar-refractivity contribution in [1.82, 2.24) is 3.71 Å². The Morgan fingerprint density at radius 3 is 1.65 bits per heavy atom. The van der Waals surface area contributed by atoms with Crippen molar-refractivity contribution in [3.8, 4) is 0 Å². The molecule has 4 aromatic carbocycles. The van der Waals surface area contributed by atoms with Gasteiger partial charge in [-0.2, -0.15) is 0 Å². The van der Waals surface area contributed by atoms with Crippen molar-refractivity contribution in [2.75, 3.05) is 6.54 Å². The molecule has 0 aromatic heterocycles. The molecular formula is C27H25NO4S2. The first-order valence-corrected chi connectivity index (χ1v) is 13.6. The molecule has 0 aliphatic rings. The average Bonchev–Trinajstić information content (AvgIpc) is 2.82. The molecule has 0 N–H and O–H groups in total. The smallest absolute Gasteiger partial charge is 0.206 e. The van der Waals surface area contributed by atoms with Crippen LogP contribution in [0.2, 0.25) is 0 Å². The summed E-state index contributed by atoms with van der Waals surface area (Å²) in [6.45, 7) is 7.30. The van der Waals surface area contributed by atoms with E-state index < -0.39 is 26.6 Å². The van der Waals surface area contributed by atoms with Gasteiger partial charge in [0.05, 0.1) is 16.3 Å². The highest BCUT2D eigenvalue weighted by atomic mass is 32.3. The van der Waals surface area contributed by atoms with Crippen LogP contribution in [0, 0.1) is 13.8 Å². The summed E-state index contributed by atoms with van der Waals surface area (Å²) in [5.41, 5.74) is 2.78. The van der Waals surface area contributed by atoms with Crippen LogP contribution in [0.15, 0.2) is 107 Å². The zero-order valence-electron chi connectivity index (χ0n) is 19.0. The van der Waals surface area contributed by atoms with Gasteiger partial charge in [-0.15, -0.1) is 0 Å². The number of rotatable bonds is 7. The summed E-state index contributed by atoms with van der Waals surface area (Å²) in [5, 5.41) is 1.98. The van der Waals surface area contributed by atoms with Crippen LogP contribution in [0.25, 0.3) is 16.3 Å². The second-order valence-electron chi connectivity index (χ2n) is 8.23. The first-order chi connectivity index (χ1) is 16.1.